The van der Waals surface area contributed by atoms with Crippen molar-refractivity contribution in [2.45, 2.75) is 45.6 Å². The molecule has 1 saturated heterocycles. The van der Waals surface area contributed by atoms with Gasteiger partial charge in [-0.25, -0.2) is 0 Å². The van der Waals surface area contributed by atoms with Crippen molar-refractivity contribution >= 4 is 33.9 Å². The zero-order valence-corrected chi connectivity index (χ0v) is 24.1. The molecule has 1 N–H and O–H groups in total. The van der Waals surface area contributed by atoms with Gasteiger partial charge in [0.05, 0.1) is 11.1 Å². The van der Waals surface area contributed by atoms with Crippen LogP contribution in [-0.4, -0.2) is 53.1 Å². The van der Waals surface area contributed by atoms with Crippen LogP contribution in [-0.2, 0) is 12.7 Å². The minimum absolute atomic E-state index is 0.176. The van der Waals surface area contributed by atoms with E-state index in [1.54, 1.807) is 6.07 Å². The van der Waals surface area contributed by atoms with E-state index in [0.717, 1.165) is 58.9 Å². The van der Waals surface area contributed by atoms with Gasteiger partial charge in [0.1, 0.15) is 12.4 Å². The predicted molar refractivity (Wildman–Crippen MR) is 159 cm³/mol. The number of fused-ring (bicyclic) bond motifs is 1. The Labute approximate surface area is 243 Å². The zero-order valence-electron chi connectivity index (χ0n) is 23.4. The van der Waals surface area contributed by atoms with E-state index in [1.165, 1.54) is 0 Å². The molecule has 0 amide bonds. The maximum atomic E-state index is 13.8. The summed E-state index contributed by atoms with van der Waals surface area (Å²) in [5, 5.41) is 4.77. The Bertz CT molecular complexity index is 1510. The lowest BCUT2D eigenvalue weighted by atomic mass is 10.1. The van der Waals surface area contributed by atoms with Gasteiger partial charge in [0, 0.05) is 71.8 Å². The molecule has 4 aromatic rings. The molecule has 1 aliphatic heterocycles. The SMILES string of the molecule is Cc1cc(Nc2cc(OCCN3C[C@H](C)N(Cc4ccccc4Cl)C[C@@H]3C)cc(C(F)(F)F)c2)c2ccccc2n1. The van der Waals surface area contributed by atoms with Crippen LogP contribution in [0.1, 0.15) is 30.7 Å². The van der Waals surface area contributed by atoms with E-state index in [9.17, 15) is 13.2 Å². The van der Waals surface area contributed by atoms with Gasteiger partial charge in [-0.15, -0.1) is 0 Å². The van der Waals surface area contributed by atoms with E-state index >= 15 is 0 Å². The number of alkyl halides is 3. The van der Waals surface area contributed by atoms with Crippen LogP contribution >= 0.6 is 11.6 Å². The summed E-state index contributed by atoms with van der Waals surface area (Å²) in [4.78, 5) is 9.26. The molecule has 5 nitrogen and oxygen atoms in total. The number of rotatable bonds is 8. The van der Waals surface area contributed by atoms with Crippen LogP contribution in [0.5, 0.6) is 5.75 Å². The Hall–Kier alpha value is -3.33. The normalized spacial score (nSPS) is 18.5. The van der Waals surface area contributed by atoms with Gasteiger partial charge >= 0.3 is 6.18 Å². The number of benzene rings is 3. The first-order valence-corrected chi connectivity index (χ1v) is 14.1. The highest BCUT2D eigenvalue weighted by Gasteiger charge is 2.32. The number of aromatic nitrogens is 1. The fraction of sp³-hybridized carbons (Fsp3) is 0.344. The number of hydrogen-bond donors (Lipinski definition) is 1. The van der Waals surface area contributed by atoms with Gasteiger partial charge in [-0.3, -0.25) is 14.8 Å². The van der Waals surface area contributed by atoms with Gasteiger partial charge in [-0.2, -0.15) is 13.2 Å². The molecular weight excluding hydrogens is 549 g/mol. The summed E-state index contributed by atoms with van der Waals surface area (Å²) in [5.74, 6) is 0.176. The quantitative estimate of drug-likeness (QED) is 0.228. The van der Waals surface area contributed by atoms with Crippen molar-refractivity contribution in [3.05, 3.63) is 94.6 Å². The van der Waals surface area contributed by atoms with Crippen LogP contribution in [0, 0.1) is 6.92 Å². The van der Waals surface area contributed by atoms with E-state index in [-0.39, 0.29) is 18.4 Å². The number of nitrogens with one attached hydrogen (secondary N) is 1. The fourth-order valence-corrected chi connectivity index (χ4v) is 5.61. The van der Waals surface area contributed by atoms with E-state index in [0.29, 0.717) is 24.0 Å². The highest BCUT2D eigenvalue weighted by Crippen LogP contribution is 2.36. The number of nitrogens with zero attached hydrogens (tertiary/aromatic N) is 3. The Balaban J connectivity index is 1.26. The van der Waals surface area contributed by atoms with Gasteiger partial charge in [0.2, 0.25) is 0 Å². The van der Waals surface area contributed by atoms with Crippen molar-refractivity contribution < 1.29 is 17.9 Å². The molecule has 0 spiro atoms. The van der Waals surface area contributed by atoms with Crippen LogP contribution in [0.2, 0.25) is 5.02 Å². The van der Waals surface area contributed by atoms with Crippen molar-refractivity contribution in [2.24, 2.45) is 0 Å². The molecule has 1 aromatic heterocycles. The summed E-state index contributed by atoms with van der Waals surface area (Å²) < 4.78 is 47.4. The first kappa shape index (κ1) is 29.2. The molecule has 0 saturated carbocycles. The molecule has 0 aliphatic carbocycles. The van der Waals surface area contributed by atoms with Crippen molar-refractivity contribution in [3.8, 4) is 5.75 Å². The van der Waals surface area contributed by atoms with Crippen LogP contribution in [0.25, 0.3) is 10.9 Å². The summed E-state index contributed by atoms with van der Waals surface area (Å²) in [6.07, 6.45) is -4.51. The molecule has 5 rings (SSSR count). The van der Waals surface area contributed by atoms with Crippen LogP contribution in [0.15, 0.2) is 72.8 Å². The maximum Gasteiger partial charge on any atom is 0.416 e. The van der Waals surface area contributed by atoms with Crippen molar-refractivity contribution in [1.29, 1.82) is 0 Å². The van der Waals surface area contributed by atoms with Gasteiger partial charge < -0.3 is 10.1 Å². The lowest BCUT2D eigenvalue weighted by Crippen LogP contribution is -2.56. The average molecular weight is 583 g/mol. The summed E-state index contributed by atoms with van der Waals surface area (Å²) in [7, 11) is 0. The summed E-state index contributed by atoms with van der Waals surface area (Å²) in [6.45, 7) is 9.57. The minimum Gasteiger partial charge on any atom is -0.492 e. The molecule has 216 valence electrons. The number of ether oxygens (including phenoxy) is 1. The van der Waals surface area contributed by atoms with Gasteiger partial charge in [0.15, 0.2) is 0 Å². The number of anilines is 2. The number of piperazine rings is 1. The highest BCUT2D eigenvalue weighted by atomic mass is 35.5. The van der Waals surface area contributed by atoms with Crippen molar-refractivity contribution in [2.75, 3.05) is 31.6 Å². The third-order valence-corrected chi connectivity index (χ3v) is 7.95. The van der Waals surface area contributed by atoms with Crippen LogP contribution < -0.4 is 10.1 Å². The fourth-order valence-electron chi connectivity index (χ4n) is 5.41. The minimum atomic E-state index is -4.51. The third-order valence-electron chi connectivity index (χ3n) is 7.58. The highest BCUT2D eigenvalue weighted by molar-refractivity contribution is 6.31. The lowest BCUT2D eigenvalue weighted by Gasteiger charge is -2.44. The first-order chi connectivity index (χ1) is 19.6. The molecule has 41 heavy (non-hydrogen) atoms. The second kappa shape index (κ2) is 12.3. The topological polar surface area (TPSA) is 40.6 Å². The lowest BCUT2D eigenvalue weighted by molar-refractivity contribution is -0.137. The zero-order chi connectivity index (χ0) is 29.1. The maximum absolute atomic E-state index is 13.8. The molecule has 0 bridgehead atoms. The third kappa shape index (κ3) is 7.12. The van der Waals surface area contributed by atoms with Crippen molar-refractivity contribution in [3.63, 3.8) is 0 Å². The average Bonchev–Trinajstić information content (AvgIpc) is 2.92. The van der Waals surface area contributed by atoms with E-state index in [4.69, 9.17) is 16.3 Å². The van der Waals surface area contributed by atoms with E-state index in [2.05, 4.69) is 40.0 Å². The standard InChI is InChI=1S/C32H34ClF3N4O/c1-21-14-31(28-9-5-7-11-30(28)37-21)38-26-15-25(32(34,35)36)16-27(17-26)41-13-12-39-18-23(3)40(19-22(39)2)20-24-8-4-6-10-29(24)33/h4-11,14-17,22-23H,12-13,18-20H2,1-3H3,(H,37,38)/t22-,23-/m0/s1. The molecule has 2 atom stereocenters. The molecule has 3 aromatic carbocycles. The van der Waals surface area contributed by atoms with Crippen LogP contribution in [0.4, 0.5) is 24.5 Å². The van der Waals surface area contributed by atoms with Gasteiger partial charge in [0.25, 0.3) is 0 Å². The number of halogens is 4. The molecule has 0 unspecified atom stereocenters. The second-order valence-electron chi connectivity index (χ2n) is 10.8. The first-order valence-electron chi connectivity index (χ1n) is 13.8. The Morgan fingerprint density at radius 2 is 1.66 bits per heavy atom. The predicted octanol–water partition coefficient (Wildman–Crippen LogP) is 7.93. The number of pyridine rings is 1. The molecule has 1 aliphatic rings. The largest absolute Gasteiger partial charge is 0.492 e. The Morgan fingerprint density at radius 3 is 2.44 bits per heavy atom. The Morgan fingerprint density at radius 1 is 0.951 bits per heavy atom. The van der Waals surface area contributed by atoms with E-state index < -0.39 is 11.7 Å². The van der Waals surface area contributed by atoms with Gasteiger partial charge in [-0.1, -0.05) is 48.0 Å². The summed E-state index contributed by atoms with van der Waals surface area (Å²) >= 11 is 6.38. The molecule has 0 radical (unpaired) electrons. The molecule has 9 heteroatoms. The van der Waals surface area contributed by atoms with Gasteiger partial charge in [-0.05, 0) is 56.7 Å². The molecular formula is C32H34ClF3N4O. The number of aryl methyl sites for hydroxylation is 1. The summed E-state index contributed by atoms with van der Waals surface area (Å²) in [6, 6.07) is 21.6. The Kier molecular flexibility index (Phi) is 8.73. The van der Waals surface area contributed by atoms with Crippen LogP contribution in [0.3, 0.4) is 0 Å². The number of hydrogen-bond acceptors (Lipinski definition) is 5. The smallest absolute Gasteiger partial charge is 0.416 e. The number of para-hydroxylation sites is 1. The van der Waals surface area contributed by atoms with Crippen molar-refractivity contribution in [1.82, 2.24) is 14.8 Å². The second-order valence-corrected chi connectivity index (χ2v) is 11.2. The molecule has 1 fully saturated rings. The molecule has 2 heterocycles. The summed E-state index contributed by atoms with van der Waals surface area (Å²) in [5.41, 5.74) is 2.88. The van der Waals surface area contributed by atoms with E-state index in [1.807, 2.05) is 55.5 Å². The monoisotopic (exact) mass is 582 g/mol.